The summed E-state index contributed by atoms with van der Waals surface area (Å²) in [6, 6.07) is 12.0. The van der Waals surface area contributed by atoms with Crippen LogP contribution in [0.4, 0.5) is 13.9 Å². The molecule has 4 rings (SSSR count). The molecule has 0 aliphatic heterocycles. The van der Waals surface area contributed by atoms with Crippen LogP contribution >= 0.6 is 23.1 Å². The Morgan fingerprint density at radius 3 is 2.56 bits per heavy atom. The van der Waals surface area contributed by atoms with Gasteiger partial charge in [-0.1, -0.05) is 29.0 Å². The molecule has 9 heteroatoms. The number of hydrogen-bond donors (Lipinski definition) is 0. The number of benzene rings is 2. The second-order valence-corrected chi connectivity index (χ2v) is 9.59. The summed E-state index contributed by atoms with van der Waals surface area (Å²) < 4.78 is 30.1. The van der Waals surface area contributed by atoms with E-state index < -0.39 is 11.6 Å². The van der Waals surface area contributed by atoms with E-state index in [2.05, 4.69) is 10.1 Å². The van der Waals surface area contributed by atoms with Crippen LogP contribution in [0.5, 0.6) is 0 Å². The van der Waals surface area contributed by atoms with E-state index in [1.165, 1.54) is 17.8 Å². The molecule has 0 radical (unpaired) electrons. The van der Waals surface area contributed by atoms with Gasteiger partial charge in [0.15, 0.2) is 10.9 Å². The molecule has 2 aromatic carbocycles. The van der Waals surface area contributed by atoms with Crippen molar-refractivity contribution in [3.8, 4) is 0 Å². The van der Waals surface area contributed by atoms with E-state index in [0.29, 0.717) is 22.9 Å². The minimum atomic E-state index is -0.734. The topological polar surface area (TPSA) is 51.0 Å². The molecule has 0 bridgehead atoms. The number of carbonyl (C=O) groups excluding carboxylic acids is 1. The van der Waals surface area contributed by atoms with E-state index in [-0.39, 0.29) is 17.2 Å². The Bertz CT molecular complexity index is 1270. The molecule has 0 fully saturated rings. The smallest absolute Gasteiger partial charge is 0.239 e. The molecular formula is C23H22F2N4OS2. The van der Waals surface area contributed by atoms with Crippen LogP contribution in [0.15, 0.2) is 47.4 Å². The first kappa shape index (κ1) is 22.4. The van der Waals surface area contributed by atoms with Gasteiger partial charge in [-0.2, -0.15) is 5.10 Å². The fourth-order valence-corrected chi connectivity index (χ4v) is 5.16. The number of rotatable bonds is 7. The van der Waals surface area contributed by atoms with Crippen molar-refractivity contribution < 1.29 is 13.6 Å². The van der Waals surface area contributed by atoms with Gasteiger partial charge < -0.3 is 0 Å². The van der Waals surface area contributed by atoms with Crippen LogP contribution < -0.4 is 4.90 Å². The highest BCUT2D eigenvalue weighted by atomic mass is 32.2. The number of amides is 1. The fraction of sp³-hybridized carbons (Fsp3) is 0.261. The Hall–Kier alpha value is -2.78. The van der Waals surface area contributed by atoms with Crippen molar-refractivity contribution in [2.45, 2.75) is 32.2 Å². The molecule has 32 heavy (non-hydrogen) atoms. The van der Waals surface area contributed by atoms with E-state index in [0.717, 1.165) is 39.2 Å². The van der Waals surface area contributed by atoms with Crippen LogP contribution in [0.3, 0.4) is 0 Å². The zero-order valence-corrected chi connectivity index (χ0v) is 19.6. The Kier molecular flexibility index (Phi) is 6.57. The van der Waals surface area contributed by atoms with Gasteiger partial charge in [-0.15, -0.1) is 11.8 Å². The van der Waals surface area contributed by atoms with E-state index in [1.807, 2.05) is 55.8 Å². The number of aromatic nitrogens is 3. The normalized spacial score (nSPS) is 11.3. The molecule has 0 aliphatic rings. The minimum Gasteiger partial charge on any atom is -0.285 e. The number of hydrogen-bond acceptors (Lipinski definition) is 5. The first-order chi connectivity index (χ1) is 15.3. The molecule has 0 atom stereocenters. The molecule has 0 unspecified atom stereocenters. The molecule has 5 nitrogen and oxygen atoms in total. The van der Waals surface area contributed by atoms with Crippen molar-refractivity contribution in [2.75, 3.05) is 17.2 Å². The Morgan fingerprint density at radius 1 is 1.12 bits per heavy atom. The van der Waals surface area contributed by atoms with Gasteiger partial charge in [0.1, 0.15) is 11.3 Å². The highest BCUT2D eigenvalue weighted by molar-refractivity contribution is 8.00. The number of thiazole rings is 1. The zero-order valence-electron chi connectivity index (χ0n) is 17.9. The maximum atomic E-state index is 14.2. The molecule has 1 amide bonds. The van der Waals surface area contributed by atoms with Crippen molar-refractivity contribution >= 4 is 44.4 Å². The summed E-state index contributed by atoms with van der Waals surface area (Å²) in [5.74, 6) is -1.35. The largest absolute Gasteiger partial charge is 0.285 e. The number of halogens is 2. The molecular weight excluding hydrogens is 450 g/mol. The Balaban J connectivity index is 1.59. The third-order valence-corrected chi connectivity index (χ3v) is 6.98. The maximum absolute atomic E-state index is 14.2. The summed E-state index contributed by atoms with van der Waals surface area (Å²) in [6.07, 6.45) is 0. The lowest BCUT2D eigenvalue weighted by molar-refractivity contribution is -0.116. The van der Waals surface area contributed by atoms with Crippen molar-refractivity contribution in [3.63, 3.8) is 0 Å². The second-order valence-electron chi connectivity index (χ2n) is 7.53. The molecule has 0 aliphatic carbocycles. The second kappa shape index (κ2) is 9.38. The van der Waals surface area contributed by atoms with Gasteiger partial charge in [-0.05, 0) is 45.0 Å². The number of thioether (sulfide) groups is 1. The number of anilines is 1. The lowest BCUT2D eigenvalue weighted by atomic mass is 10.2. The van der Waals surface area contributed by atoms with Crippen LogP contribution in [0.1, 0.15) is 17.0 Å². The van der Waals surface area contributed by atoms with Gasteiger partial charge in [-0.25, -0.2) is 13.8 Å². The van der Waals surface area contributed by atoms with Crippen LogP contribution in [-0.4, -0.2) is 33.0 Å². The average molecular weight is 473 g/mol. The summed E-state index contributed by atoms with van der Waals surface area (Å²) in [4.78, 5) is 20.0. The van der Waals surface area contributed by atoms with Crippen molar-refractivity contribution in [1.29, 1.82) is 0 Å². The van der Waals surface area contributed by atoms with Gasteiger partial charge in [0.2, 0.25) is 5.91 Å². The molecule has 2 heterocycles. The SMILES string of the molecule is Cc1ccc(SCC(=O)N(CCn2nc(C)cc2C)c2nc3c(F)cc(F)cc3s2)cc1. The van der Waals surface area contributed by atoms with E-state index in [4.69, 9.17) is 0 Å². The van der Waals surface area contributed by atoms with Crippen molar-refractivity contribution in [2.24, 2.45) is 0 Å². The van der Waals surface area contributed by atoms with Crippen LogP contribution in [0.25, 0.3) is 10.2 Å². The van der Waals surface area contributed by atoms with Gasteiger partial charge in [0.05, 0.1) is 22.7 Å². The predicted octanol–water partition coefficient (Wildman–Crippen LogP) is 5.52. The average Bonchev–Trinajstić information content (AvgIpc) is 3.30. The molecule has 0 spiro atoms. The number of carbonyl (C=O) groups is 1. The van der Waals surface area contributed by atoms with Crippen LogP contribution in [0.2, 0.25) is 0 Å². The van der Waals surface area contributed by atoms with E-state index >= 15 is 0 Å². The predicted molar refractivity (Wildman–Crippen MR) is 125 cm³/mol. The quantitative estimate of drug-likeness (QED) is 0.332. The van der Waals surface area contributed by atoms with E-state index in [9.17, 15) is 13.6 Å². The maximum Gasteiger partial charge on any atom is 0.239 e. The summed E-state index contributed by atoms with van der Waals surface area (Å²) in [5.41, 5.74) is 3.10. The molecule has 0 N–H and O–H groups in total. The zero-order chi connectivity index (χ0) is 22.8. The number of nitrogens with zero attached hydrogens (tertiary/aromatic N) is 4. The summed E-state index contributed by atoms with van der Waals surface area (Å²) >= 11 is 2.54. The van der Waals surface area contributed by atoms with Gasteiger partial charge >= 0.3 is 0 Å². The van der Waals surface area contributed by atoms with Crippen molar-refractivity contribution in [3.05, 3.63) is 71.1 Å². The highest BCUT2D eigenvalue weighted by Crippen LogP contribution is 2.32. The van der Waals surface area contributed by atoms with Gasteiger partial charge in [0.25, 0.3) is 0 Å². The lowest BCUT2D eigenvalue weighted by Gasteiger charge is -2.20. The Labute approximate surface area is 193 Å². The summed E-state index contributed by atoms with van der Waals surface area (Å²) in [7, 11) is 0. The molecule has 4 aromatic rings. The standard InChI is InChI=1S/C23H22F2N4OS2/c1-14-4-6-18(7-5-14)31-13-21(30)28(8-9-29-16(3)10-15(2)27-29)23-26-22-19(25)11-17(24)12-20(22)32-23/h4-7,10-12H,8-9,13H2,1-3H3. The number of aryl methyl sites for hydroxylation is 3. The third-order valence-electron chi connectivity index (χ3n) is 4.96. The molecule has 0 saturated heterocycles. The summed E-state index contributed by atoms with van der Waals surface area (Å²) in [6.45, 7) is 6.66. The van der Waals surface area contributed by atoms with Crippen LogP contribution in [0, 0.1) is 32.4 Å². The fourth-order valence-electron chi connectivity index (χ4n) is 3.34. The molecule has 2 aromatic heterocycles. The summed E-state index contributed by atoms with van der Waals surface area (Å²) in [5, 5.41) is 4.80. The first-order valence-corrected chi connectivity index (χ1v) is 11.9. The van der Waals surface area contributed by atoms with Gasteiger partial charge in [-0.3, -0.25) is 14.4 Å². The molecule has 0 saturated carbocycles. The van der Waals surface area contributed by atoms with E-state index in [1.54, 1.807) is 4.90 Å². The van der Waals surface area contributed by atoms with Gasteiger partial charge in [0, 0.05) is 23.2 Å². The lowest BCUT2D eigenvalue weighted by Crippen LogP contribution is -2.35. The number of fused-ring (bicyclic) bond motifs is 1. The monoisotopic (exact) mass is 472 g/mol. The first-order valence-electron chi connectivity index (χ1n) is 10.1. The third kappa shape index (κ3) is 4.99. The highest BCUT2D eigenvalue weighted by Gasteiger charge is 2.22. The van der Waals surface area contributed by atoms with Crippen molar-refractivity contribution in [1.82, 2.24) is 14.8 Å². The minimum absolute atomic E-state index is 0.0708. The Morgan fingerprint density at radius 2 is 1.88 bits per heavy atom. The van der Waals surface area contributed by atoms with Crippen LogP contribution in [-0.2, 0) is 11.3 Å². The molecule has 166 valence electrons.